The Hall–Kier alpha value is -3.13. The molecular weight excluding hydrogens is 416 g/mol. The Labute approximate surface area is 195 Å². The van der Waals surface area contributed by atoms with E-state index in [1.165, 1.54) is 0 Å². The fraction of sp³-hybridized carbons (Fsp3) is 0.480. The molecule has 1 aliphatic carbocycles. The van der Waals surface area contributed by atoms with E-state index in [2.05, 4.69) is 50.9 Å². The Morgan fingerprint density at radius 1 is 0.939 bits per heavy atom. The smallest absolute Gasteiger partial charge is 0.227 e. The highest BCUT2D eigenvalue weighted by molar-refractivity contribution is 5.50. The van der Waals surface area contributed by atoms with Gasteiger partial charge in [-0.05, 0) is 18.2 Å². The number of aromatic nitrogens is 3. The molecule has 0 spiro atoms. The highest BCUT2D eigenvalue weighted by Gasteiger charge is 2.28. The number of ether oxygens (including phenoxy) is 2. The largest absolute Gasteiger partial charge is 0.501 e. The van der Waals surface area contributed by atoms with Crippen LogP contribution in [-0.2, 0) is 9.47 Å². The maximum atomic E-state index is 5.62. The summed E-state index contributed by atoms with van der Waals surface area (Å²) < 4.78 is 11.2. The number of morpholine rings is 1. The van der Waals surface area contributed by atoms with Gasteiger partial charge in [-0.25, -0.2) is 9.97 Å². The molecule has 0 radical (unpaired) electrons. The number of anilines is 3. The van der Waals surface area contributed by atoms with Crippen LogP contribution in [0.3, 0.4) is 0 Å². The SMILES string of the molecule is COC1=CC=CC(c2cc(N3CCN(c4ccccn4)CC3)nc(N3CCOCC3)n2)C1C. The third-order valence-corrected chi connectivity index (χ3v) is 6.74. The van der Waals surface area contributed by atoms with Gasteiger partial charge in [0, 0.05) is 63.4 Å². The predicted molar refractivity (Wildman–Crippen MR) is 130 cm³/mol. The molecule has 3 aliphatic rings. The van der Waals surface area contributed by atoms with E-state index in [1.807, 2.05) is 24.4 Å². The zero-order valence-corrected chi connectivity index (χ0v) is 19.4. The van der Waals surface area contributed by atoms with Crippen molar-refractivity contribution in [1.82, 2.24) is 15.0 Å². The van der Waals surface area contributed by atoms with Crippen molar-refractivity contribution in [3.05, 3.63) is 60.1 Å². The van der Waals surface area contributed by atoms with E-state index >= 15 is 0 Å². The zero-order valence-electron chi connectivity index (χ0n) is 19.4. The molecule has 2 aliphatic heterocycles. The van der Waals surface area contributed by atoms with E-state index < -0.39 is 0 Å². The van der Waals surface area contributed by atoms with Crippen molar-refractivity contribution in [2.24, 2.45) is 5.92 Å². The molecule has 0 aromatic carbocycles. The summed E-state index contributed by atoms with van der Waals surface area (Å²) in [5.74, 6) is 4.19. The Balaban J connectivity index is 1.41. The lowest BCUT2D eigenvalue weighted by atomic mass is 9.85. The number of allylic oxidation sites excluding steroid dienone is 4. The second-order valence-electron chi connectivity index (χ2n) is 8.68. The van der Waals surface area contributed by atoms with Crippen LogP contribution in [0, 0.1) is 5.92 Å². The molecular formula is C25H32N6O2. The molecule has 2 unspecified atom stereocenters. The minimum atomic E-state index is 0.154. The lowest BCUT2D eigenvalue weighted by Gasteiger charge is -2.37. The molecule has 2 aromatic heterocycles. The maximum absolute atomic E-state index is 5.62. The summed E-state index contributed by atoms with van der Waals surface area (Å²) in [6, 6.07) is 8.25. The first-order valence-corrected chi connectivity index (χ1v) is 11.8. The third-order valence-electron chi connectivity index (χ3n) is 6.74. The Bertz CT molecular complexity index is 997. The monoisotopic (exact) mass is 448 g/mol. The van der Waals surface area contributed by atoms with Gasteiger partial charge < -0.3 is 24.2 Å². The Morgan fingerprint density at radius 2 is 1.70 bits per heavy atom. The Kier molecular flexibility index (Phi) is 6.44. The van der Waals surface area contributed by atoms with Crippen molar-refractivity contribution in [3.63, 3.8) is 0 Å². The van der Waals surface area contributed by atoms with Crippen LogP contribution in [0.2, 0.25) is 0 Å². The number of piperazine rings is 1. The minimum Gasteiger partial charge on any atom is -0.501 e. The van der Waals surface area contributed by atoms with E-state index in [0.717, 1.165) is 68.3 Å². The highest BCUT2D eigenvalue weighted by atomic mass is 16.5. The first-order chi connectivity index (χ1) is 16.2. The number of hydrogen-bond donors (Lipinski definition) is 0. The third kappa shape index (κ3) is 4.66. The molecule has 2 aromatic rings. The van der Waals surface area contributed by atoms with Crippen LogP contribution in [-0.4, -0.2) is 74.5 Å². The molecule has 2 atom stereocenters. The van der Waals surface area contributed by atoms with E-state index in [1.54, 1.807) is 7.11 Å². The summed E-state index contributed by atoms with van der Waals surface area (Å²) in [7, 11) is 1.74. The van der Waals surface area contributed by atoms with Crippen LogP contribution < -0.4 is 14.7 Å². The average molecular weight is 449 g/mol. The summed E-state index contributed by atoms with van der Waals surface area (Å²) in [4.78, 5) is 21.5. The molecule has 5 rings (SSSR count). The number of rotatable bonds is 5. The van der Waals surface area contributed by atoms with Crippen LogP contribution in [0.25, 0.3) is 0 Å². The van der Waals surface area contributed by atoms with Gasteiger partial charge in [-0.15, -0.1) is 0 Å². The van der Waals surface area contributed by atoms with Crippen molar-refractivity contribution in [2.75, 3.05) is 74.3 Å². The van der Waals surface area contributed by atoms with Gasteiger partial charge >= 0.3 is 0 Å². The molecule has 4 heterocycles. The molecule has 0 saturated carbocycles. The van der Waals surface area contributed by atoms with Gasteiger partial charge in [0.15, 0.2) is 0 Å². The molecule has 8 heteroatoms. The average Bonchev–Trinajstić information content (AvgIpc) is 2.90. The summed E-state index contributed by atoms with van der Waals surface area (Å²) in [6.07, 6.45) is 8.20. The standard InChI is InChI=1S/C25H32N6O2/c1-19-20(6-5-7-22(19)32-2)21-18-24(28-25(27-21)31-14-16-33-17-15-31)30-12-10-29(11-13-30)23-8-3-4-9-26-23/h3-9,18-20H,10-17H2,1-2H3. The number of hydrogen-bond acceptors (Lipinski definition) is 8. The summed E-state index contributed by atoms with van der Waals surface area (Å²) >= 11 is 0. The van der Waals surface area contributed by atoms with Crippen LogP contribution in [0.5, 0.6) is 0 Å². The Morgan fingerprint density at radius 3 is 2.39 bits per heavy atom. The summed E-state index contributed by atoms with van der Waals surface area (Å²) in [5, 5.41) is 0. The summed E-state index contributed by atoms with van der Waals surface area (Å²) in [6.45, 7) is 8.88. The van der Waals surface area contributed by atoms with E-state index in [-0.39, 0.29) is 11.8 Å². The van der Waals surface area contributed by atoms with Gasteiger partial charge in [-0.3, -0.25) is 0 Å². The number of methoxy groups -OCH3 is 1. The number of pyridine rings is 1. The van der Waals surface area contributed by atoms with Crippen molar-refractivity contribution in [1.29, 1.82) is 0 Å². The fourth-order valence-corrected chi connectivity index (χ4v) is 4.76. The van der Waals surface area contributed by atoms with E-state index in [9.17, 15) is 0 Å². The maximum Gasteiger partial charge on any atom is 0.227 e. The normalized spacial score (nSPS) is 23.5. The van der Waals surface area contributed by atoms with Crippen LogP contribution in [0.1, 0.15) is 18.5 Å². The van der Waals surface area contributed by atoms with Gasteiger partial charge in [0.25, 0.3) is 0 Å². The zero-order chi connectivity index (χ0) is 22.6. The number of nitrogens with zero attached hydrogens (tertiary/aromatic N) is 6. The fourth-order valence-electron chi connectivity index (χ4n) is 4.76. The second kappa shape index (κ2) is 9.79. The molecule has 0 N–H and O–H groups in total. The summed E-state index contributed by atoms with van der Waals surface area (Å²) in [5.41, 5.74) is 1.04. The lowest BCUT2D eigenvalue weighted by molar-refractivity contribution is 0.122. The minimum absolute atomic E-state index is 0.154. The van der Waals surface area contributed by atoms with Crippen LogP contribution in [0.15, 0.2) is 54.4 Å². The van der Waals surface area contributed by atoms with Gasteiger partial charge in [-0.2, -0.15) is 4.98 Å². The molecule has 0 bridgehead atoms. The van der Waals surface area contributed by atoms with Gasteiger partial charge in [0.1, 0.15) is 11.6 Å². The highest BCUT2D eigenvalue weighted by Crippen LogP contribution is 2.35. The first kappa shape index (κ1) is 21.7. The first-order valence-electron chi connectivity index (χ1n) is 11.8. The molecule has 174 valence electrons. The molecule has 8 nitrogen and oxygen atoms in total. The van der Waals surface area contributed by atoms with E-state index in [4.69, 9.17) is 19.4 Å². The van der Waals surface area contributed by atoms with Gasteiger partial charge in [0.05, 0.1) is 31.8 Å². The molecule has 33 heavy (non-hydrogen) atoms. The topological polar surface area (TPSA) is 66.9 Å². The lowest BCUT2D eigenvalue weighted by Crippen LogP contribution is -2.47. The second-order valence-corrected chi connectivity index (χ2v) is 8.68. The van der Waals surface area contributed by atoms with E-state index in [0.29, 0.717) is 13.2 Å². The molecule has 2 fully saturated rings. The molecule has 2 saturated heterocycles. The van der Waals surface area contributed by atoms with Crippen LogP contribution >= 0.6 is 0 Å². The molecule has 0 amide bonds. The quantitative estimate of drug-likeness (QED) is 0.692. The predicted octanol–water partition coefficient (Wildman–Crippen LogP) is 2.85. The van der Waals surface area contributed by atoms with Crippen molar-refractivity contribution >= 4 is 17.6 Å². The van der Waals surface area contributed by atoms with Crippen molar-refractivity contribution < 1.29 is 9.47 Å². The van der Waals surface area contributed by atoms with Crippen molar-refractivity contribution in [3.8, 4) is 0 Å². The van der Waals surface area contributed by atoms with Gasteiger partial charge in [-0.1, -0.05) is 25.1 Å². The van der Waals surface area contributed by atoms with Crippen LogP contribution in [0.4, 0.5) is 17.6 Å². The van der Waals surface area contributed by atoms with Gasteiger partial charge in [0.2, 0.25) is 5.95 Å². The van der Waals surface area contributed by atoms with Crippen molar-refractivity contribution in [2.45, 2.75) is 12.8 Å².